The number of carbonyl (C=O) groups is 1. The van der Waals surface area contributed by atoms with Gasteiger partial charge in [-0.2, -0.15) is 0 Å². The van der Waals surface area contributed by atoms with Crippen LogP contribution in [-0.2, 0) is 21.2 Å². The zero-order chi connectivity index (χ0) is 16.3. The molecule has 22 heavy (non-hydrogen) atoms. The van der Waals surface area contributed by atoms with Crippen LogP contribution in [0.1, 0.15) is 5.56 Å². The molecule has 1 heterocycles. The van der Waals surface area contributed by atoms with Crippen molar-refractivity contribution in [2.45, 2.75) is 11.3 Å². The highest BCUT2D eigenvalue weighted by atomic mass is 32.2. The number of sulfonamides is 1. The number of carboxylic acid groups (broad SMARTS) is 1. The number of aromatic amines is 2. The summed E-state index contributed by atoms with van der Waals surface area (Å²) in [6.07, 6.45) is 0.606. The Bertz CT molecular complexity index is 911. The van der Waals surface area contributed by atoms with Gasteiger partial charge in [0, 0.05) is 11.9 Å². The Kier molecular flexibility index (Phi) is 4.13. The van der Waals surface area contributed by atoms with Gasteiger partial charge in [0.2, 0.25) is 0 Å². The van der Waals surface area contributed by atoms with E-state index in [-0.39, 0.29) is 12.1 Å². The molecule has 0 amide bonds. The van der Waals surface area contributed by atoms with Crippen LogP contribution in [0.5, 0.6) is 0 Å². The fourth-order valence-electron chi connectivity index (χ4n) is 1.67. The van der Waals surface area contributed by atoms with Crippen molar-refractivity contribution in [1.82, 2.24) is 9.97 Å². The zero-order valence-corrected chi connectivity index (χ0v) is 11.8. The fourth-order valence-corrected chi connectivity index (χ4v) is 2.74. The van der Waals surface area contributed by atoms with Gasteiger partial charge in [0.25, 0.3) is 15.6 Å². The maximum atomic E-state index is 12.0. The highest BCUT2D eigenvalue weighted by Crippen LogP contribution is 2.14. The summed E-state index contributed by atoms with van der Waals surface area (Å²) in [6.45, 7) is 0. The molecule has 9 nitrogen and oxygen atoms in total. The van der Waals surface area contributed by atoms with Gasteiger partial charge in [-0.3, -0.25) is 19.3 Å². The minimum Gasteiger partial charge on any atom is -0.481 e. The normalized spacial score (nSPS) is 11.1. The summed E-state index contributed by atoms with van der Waals surface area (Å²) in [4.78, 5) is 36.2. The average molecular weight is 325 g/mol. The number of hydrogen-bond donors (Lipinski definition) is 4. The van der Waals surface area contributed by atoms with Crippen LogP contribution in [0.25, 0.3) is 0 Å². The minimum absolute atomic E-state index is 0.153. The molecule has 0 atom stereocenters. The van der Waals surface area contributed by atoms with E-state index in [9.17, 15) is 22.8 Å². The number of benzene rings is 1. The third-order valence-corrected chi connectivity index (χ3v) is 4.02. The van der Waals surface area contributed by atoms with Gasteiger partial charge in [-0.1, -0.05) is 12.1 Å². The summed E-state index contributed by atoms with van der Waals surface area (Å²) in [5.74, 6) is -1.01. The molecular weight excluding hydrogens is 314 g/mol. The summed E-state index contributed by atoms with van der Waals surface area (Å²) in [5, 5.41) is 8.65. The molecule has 10 heteroatoms. The number of aromatic nitrogens is 2. The predicted molar refractivity (Wildman–Crippen MR) is 76.3 cm³/mol. The molecule has 0 aliphatic rings. The lowest BCUT2D eigenvalue weighted by molar-refractivity contribution is -0.136. The van der Waals surface area contributed by atoms with Crippen LogP contribution >= 0.6 is 0 Å². The Morgan fingerprint density at radius 1 is 1.18 bits per heavy atom. The van der Waals surface area contributed by atoms with E-state index < -0.39 is 32.1 Å². The van der Waals surface area contributed by atoms with E-state index in [0.717, 1.165) is 6.20 Å². The van der Waals surface area contributed by atoms with Crippen molar-refractivity contribution in [3.8, 4) is 0 Å². The Morgan fingerprint density at radius 2 is 1.82 bits per heavy atom. The van der Waals surface area contributed by atoms with Gasteiger partial charge < -0.3 is 10.1 Å². The van der Waals surface area contributed by atoms with Crippen molar-refractivity contribution >= 4 is 21.7 Å². The Labute approximate surface area is 123 Å². The van der Waals surface area contributed by atoms with Gasteiger partial charge in [0.15, 0.2) is 4.90 Å². The van der Waals surface area contributed by atoms with Crippen LogP contribution in [0.4, 0.5) is 5.69 Å². The van der Waals surface area contributed by atoms with E-state index in [1.54, 1.807) is 0 Å². The first kappa shape index (κ1) is 15.5. The van der Waals surface area contributed by atoms with E-state index in [1.807, 2.05) is 4.98 Å². The number of carboxylic acids is 1. The molecule has 0 aliphatic heterocycles. The van der Waals surface area contributed by atoms with Crippen LogP contribution in [0.3, 0.4) is 0 Å². The van der Waals surface area contributed by atoms with Crippen molar-refractivity contribution < 1.29 is 18.3 Å². The molecule has 116 valence electrons. The van der Waals surface area contributed by atoms with Crippen LogP contribution in [0.15, 0.2) is 44.9 Å². The van der Waals surface area contributed by atoms with Crippen LogP contribution in [-0.4, -0.2) is 29.5 Å². The molecular formula is C12H11N3O6S. The molecule has 0 fully saturated rings. The highest BCUT2D eigenvalue weighted by molar-refractivity contribution is 7.92. The van der Waals surface area contributed by atoms with E-state index in [0.29, 0.717) is 5.56 Å². The molecule has 2 rings (SSSR count). The molecule has 0 aliphatic carbocycles. The fraction of sp³-hybridized carbons (Fsp3) is 0.0833. The Morgan fingerprint density at radius 3 is 2.36 bits per heavy atom. The summed E-state index contributed by atoms with van der Waals surface area (Å²) < 4.78 is 26.3. The first-order chi connectivity index (χ1) is 10.3. The molecule has 0 radical (unpaired) electrons. The third-order valence-electron chi connectivity index (χ3n) is 2.64. The second kappa shape index (κ2) is 5.85. The molecule has 0 unspecified atom stereocenters. The number of H-pyrrole nitrogens is 2. The highest BCUT2D eigenvalue weighted by Gasteiger charge is 2.18. The molecule has 0 saturated carbocycles. The molecule has 4 N–H and O–H groups in total. The van der Waals surface area contributed by atoms with E-state index in [4.69, 9.17) is 5.11 Å². The first-order valence-electron chi connectivity index (χ1n) is 5.93. The smallest absolute Gasteiger partial charge is 0.325 e. The SMILES string of the molecule is O=C(O)Cc1ccc(NS(=O)(=O)c2c[nH]c(=O)[nH]c2=O)cc1. The van der Waals surface area contributed by atoms with Gasteiger partial charge in [-0.05, 0) is 17.7 Å². The molecule has 1 aromatic heterocycles. The number of aliphatic carboxylic acids is 1. The van der Waals surface area contributed by atoms with E-state index in [2.05, 4.69) is 9.71 Å². The summed E-state index contributed by atoms with van der Waals surface area (Å²) in [5.41, 5.74) is -1.21. The monoisotopic (exact) mass is 325 g/mol. The maximum Gasteiger partial charge on any atom is 0.325 e. The largest absolute Gasteiger partial charge is 0.481 e. The molecule has 0 spiro atoms. The van der Waals surface area contributed by atoms with Gasteiger partial charge in [0.05, 0.1) is 6.42 Å². The summed E-state index contributed by atoms with van der Waals surface area (Å²) >= 11 is 0. The van der Waals surface area contributed by atoms with Gasteiger partial charge in [-0.15, -0.1) is 0 Å². The first-order valence-corrected chi connectivity index (χ1v) is 7.42. The molecule has 1 aromatic carbocycles. The predicted octanol–water partition coefficient (Wildman–Crippen LogP) is -0.509. The molecule has 0 saturated heterocycles. The van der Waals surface area contributed by atoms with Gasteiger partial charge in [-0.25, -0.2) is 13.2 Å². The van der Waals surface area contributed by atoms with Crippen LogP contribution in [0, 0.1) is 0 Å². The number of nitrogens with one attached hydrogen (secondary N) is 3. The standard InChI is InChI=1S/C12H11N3O6S/c16-10(17)5-7-1-3-8(4-2-7)15-22(20,21)9-6-13-12(19)14-11(9)18/h1-4,6,15H,5H2,(H,16,17)(H2,13,14,18,19). The topological polar surface area (TPSA) is 149 Å². The van der Waals surface area contributed by atoms with E-state index in [1.165, 1.54) is 24.3 Å². The summed E-state index contributed by atoms with van der Waals surface area (Å²) in [6, 6.07) is 5.64. The Hall–Kier alpha value is -2.88. The lowest BCUT2D eigenvalue weighted by atomic mass is 10.1. The minimum atomic E-state index is -4.18. The van der Waals surface area contributed by atoms with E-state index >= 15 is 0 Å². The van der Waals surface area contributed by atoms with Crippen molar-refractivity contribution in [1.29, 1.82) is 0 Å². The lowest BCUT2D eigenvalue weighted by Crippen LogP contribution is -2.29. The van der Waals surface area contributed by atoms with Crippen molar-refractivity contribution in [3.05, 3.63) is 56.9 Å². The van der Waals surface area contributed by atoms with Crippen LogP contribution < -0.4 is 16.0 Å². The number of hydrogen-bond acceptors (Lipinski definition) is 5. The third kappa shape index (κ3) is 3.61. The average Bonchev–Trinajstić information content (AvgIpc) is 2.39. The van der Waals surface area contributed by atoms with Crippen molar-refractivity contribution in [2.75, 3.05) is 4.72 Å². The second-order valence-electron chi connectivity index (χ2n) is 4.31. The zero-order valence-electron chi connectivity index (χ0n) is 11.0. The summed E-state index contributed by atoms with van der Waals surface area (Å²) in [7, 11) is -4.18. The molecule has 0 bridgehead atoms. The second-order valence-corrected chi connectivity index (χ2v) is 5.96. The van der Waals surface area contributed by atoms with Gasteiger partial charge in [0.1, 0.15) is 0 Å². The van der Waals surface area contributed by atoms with Crippen molar-refractivity contribution in [2.24, 2.45) is 0 Å². The van der Waals surface area contributed by atoms with Gasteiger partial charge >= 0.3 is 11.7 Å². The number of rotatable bonds is 5. The van der Waals surface area contributed by atoms with Crippen molar-refractivity contribution in [3.63, 3.8) is 0 Å². The van der Waals surface area contributed by atoms with Crippen LogP contribution in [0.2, 0.25) is 0 Å². The maximum absolute atomic E-state index is 12.0. The Balaban J connectivity index is 2.27. The number of anilines is 1. The molecule has 2 aromatic rings. The lowest BCUT2D eigenvalue weighted by Gasteiger charge is -2.07. The quantitative estimate of drug-likeness (QED) is 0.581.